The first kappa shape index (κ1) is 17.4. The molecule has 1 atom stereocenters. The first-order valence-corrected chi connectivity index (χ1v) is 10.3. The zero-order valence-electron chi connectivity index (χ0n) is 16.3. The molecule has 28 heavy (non-hydrogen) atoms. The van der Waals surface area contributed by atoms with Gasteiger partial charge in [-0.2, -0.15) is 0 Å². The van der Waals surface area contributed by atoms with E-state index in [2.05, 4.69) is 40.6 Å². The molecular formula is C24H26N2O2. The monoisotopic (exact) mass is 374 g/mol. The van der Waals surface area contributed by atoms with Crippen molar-refractivity contribution >= 4 is 22.6 Å². The molecule has 4 heteroatoms. The lowest BCUT2D eigenvalue weighted by Gasteiger charge is -2.24. The van der Waals surface area contributed by atoms with Crippen LogP contribution in [-0.4, -0.2) is 18.1 Å². The van der Waals surface area contributed by atoms with E-state index in [9.17, 15) is 4.79 Å². The number of carbonyl (C=O) groups is 1. The molecule has 2 N–H and O–H groups in total. The van der Waals surface area contributed by atoms with E-state index in [1.165, 1.54) is 67.1 Å². The Morgan fingerprint density at radius 3 is 2.68 bits per heavy atom. The summed E-state index contributed by atoms with van der Waals surface area (Å²) < 4.78 is 4.92. The highest BCUT2D eigenvalue weighted by molar-refractivity contribution is 5.96. The number of nitrogens with one attached hydrogen (secondary N) is 2. The van der Waals surface area contributed by atoms with Crippen molar-refractivity contribution in [3.8, 4) is 0 Å². The number of carbonyl (C=O) groups excluding carboxylic acids is 1. The van der Waals surface area contributed by atoms with Gasteiger partial charge in [-0.15, -0.1) is 0 Å². The fraction of sp³-hybridized carbons (Fsp3) is 0.375. The summed E-state index contributed by atoms with van der Waals surface area (Å²) in [5.41, 5.74) is 6.99. The Kier molecular flexibility index (Phi) is 4.34. The van der Waals surface area contributed by atoms with Gasteiger partial charge in [-0.25, -0.2) is 4.79 Å². The predicted molar refractivity (Wildman–Crippen MR) is 112 cm³/mol. The normalized spacial score (nSPS) is 19.4. The number of benzene rings is 2. The van der Waals surface area contributed by atoms with Crippen molar-refractivity contribution < 1.29 is 9.53 Å². The largest absolute Gasteiger partial charge is 0.465 e. The van der Waals surface area contributed by atoms with Gasteiger partial charge in [0.15, 0.2) is 0 Å². The van der Waals surface area contributed by atoms with Gasteiger partial charge in [0, 0.05) is 28.7 Å². The molecule has 0 saturated heterocycles. The summed E-state index contributed by atoms with van der Waals surface area (Å²) in [5, 5.41) is 4.97. The number of fused-ring (bicyclic) bond motifs is 2. The molecule has 1 fully saturated rings. The highest BCUT2D eigenvalue weighted by Gasteiger charge is 2.30. The molecular weight excluding hydrogens is 348 g/mol. The number of methoxy groups -OCH3 is 1. The Labute approximate surface area is 165 Å². The Hall–Kier alpha value is -2.75. The van der Waals surface area contributed by atoms with Crippen molar-refractivity contribution in [3.05, 3.63) is 64.8 Å². The number of rotatable bonds is 3. The minimum atomic E-state index is -0.288. The number of aromatic amines is 1. The van der Waals surface area contributed by atoms with E-state index in [4.69, 9.17) is 4.74 Å². The molecule has 144 valence electrons. The lowest BCUT2D eigenvalue weighted by Crippen LogP contribution is -2.12. The maximum Gasteiger partial charge on any atom is 0.337 e. The van der Waals surface area contributed by atoms with Gasteiger partial charge < -0.3 is 15.0 Å². The molecule has 1 unspecified atom stereocenters. The van der Waals surface area contributed by atoms with Crippen molar-refractivity contribution in [2.75, 3.05) is 12.4 Å². The molecule has 0 bridgehead atoms. The van der Waals surface area contributed by atoms with Crippen LogP contribution in [0.4, 0.5) is 5.69 Å². The second kappa shape index (κ2) is 7.01. The van der Waals surface area contributed by atoms with Crippen molar-refractivity contribution in [1.29, 1.82) is 0 Å². The van der Waals surface area contributed by atoms with Crippen LogP contribution >= 0.6 is 0 Å². The fourth-order valence-electron chi connectivity index (χ4n) is 5.06. The maximum absolute atomic E-state index is 12.0. The molecule has 2 heterocycles. The number of para-hydroxylation sites is 1. The number of ether oxygens (including phenoxy) is 1. The molecule has 5 rings (SSSR count). The second-order valence-corrected chi connectivity index (χ2v) is 8.10. The van der Waals surface area contributed by atoms with E-state index in [1.807, 2.05) is 12.1 Å². The van der Waals surface area contributed by atoms with Crippen molar-refractivity contribution in [2.45, 2.75) is 50.5 Å². The summed E-state index contributed by atoms with van der Waals surface area (Å²) in [6.07, 6.45) is 7.43. The molecule has 1 aliphatic carbocycles. The summed E-state index contributed by atoms with van der Waals surface area (Å²) >= 11 is 0. The zero-order chi connectivity index (χ0) is 19.1. The topological polar surface area (TPSA) is 54.1 Å². The second-order valence-electron chi connectivity index (χ2n) is 8.10. The van der Waals surface area contributed by atoms with E-state index in [-0.39, 0.29) is 12.0 Å². The third kappa shape index (κ3) is 2.88. The number of hydrogen-bond acceptors (Lipinski definition) is 3. The van der Waals surface area contributed by atoms with Gasteiger partial charge in [-0.05, 0) is 48.1 Å². The molecule has 2 aliphatic rings. The van der Waals surface area contributed by atoms with Gasteiger partial charge in [0.2, 0.25) is 0 Å². The van der Waals surface area contributed by atoms with Crippen LogP contribution in [0.15, 0.2) is 42.5 Å². The molecule has 0 spiro atoms. The highest BCUT2D eigenvalue weighted by atomic mass is 16.5. The van der Waals surface area contributed by atoms with Gasteiger partial charge in [0.1, 0.15) is 0 Å². The summed E-state index contributed by atoms with van der Waals surface area (Å²) in [7, 11) is 1.43. The van der Waals surface area contributed by atoms with Crippen LogP contribution < -0.4 is 5.32 Å². The smallest absolute Gasteiger partial charge is 0.337 e. The van der Waals surface area contributed by atoms with Crippen molar-refractivity contribution in [3.63, 3.8) is 0 Å². The van der Waals surface area contributed by atoms with Crippen LogP contribution in [-0.2, 0) is 11.2 Å². The molecule has 4 nitrogen and oxygen atoms in total. The summed E-state index contributed by atoms with van der Waals surface area (Å²) in [4.78, 5) is 15.7. The van der Waals surface area contributed by atoms with Gasteiger partial charge >= 0.3 is 5.97 Å². The van der Waals surface area contributed by atoms with Crippen LogP contribution in [0.1, 0.15) is 71.2 Å². The molecule has 3 aromatic rings. The molecule has 1 saturated carbocycles. The Morgan fingerprint density at radius 1 is 1.07 bits per heavy atom. The minimum Gasteiger partial charge on any atom is -0.465 e. The molecule has 1 aliphatic heterocycles. The van der Waals surface area contributed by atoms with Gasteiger partial charge in [0.25, 0.3) is 0 Å². The summed E-state index contributed by atoms with van der Waals surface area (Å²) in [6, 6.07) is 14.8. The third-order valence-corrected chi connectivity index (χ3v) is 6.42. The molecule has 1 aromatic heterocycles. The van der Waals surface area contributed by atoms with E-state index in [1.54, 1.807) is 0 Å². The SMILES string of the molecule is COC(=O)c1ccc2c(C3CCCCC3)c(C3Cc4ccccc4N3)[nH]c2c1. The Balaban J connectivity index is 1.61. The Morgan fingerprint density at radius 2 is 1.89 bits per heavy atom. The average Bonchev–Trinajstić information content (AvgIpc) is 3.34. The van der Waals surface area contributed by atoms with Crippen LogP contribution in [0, 0.1) is 0 Å². The lowest BCUT2D eigenvalue weighted by atomic mass is 9.81. The number of aromatic nitrogens is 1. The van der Waals surface area contributed by atoms with Crippen LogP contribution in [0.25, 0.3) is 10.9 Å². The van der Waals surface area contributed by atoms with E-state index in [0.29, 0.717) is 11.5 Å². The minimum absolute atomic E-state index is 0.253. The van der Waals surface area contributed by atoms with Crippen LogP contribution in [0.2, 0.25) is 0 Å². The predicted octanol–water partition coefficient (Wildman–Crippen LogP) is 5.71. The number of esters is 1. The fourth-order valence-corrected chi connectivity index (χ4v) is 5.06. The maximum atomic E-state index is 12.0. The highest BCUT2D eigenvalue weighted by Crippen LogP contribution is 2.44. The number of anilines is 1. The van der Waals surface area contributed by atoms with E-state index in [0.717, 1.165) is 11.9 Å². The standard InChI is InChI=1S/C24H26N2O2/c1-28-24(27)17-11-12-18-20(14-17)26-23(22(18)15-7-3-2-4-8-15)21-13-16-9-5-6-10-19(16)25-21/h5-6,9-12,14-15,21,25-26H,2-4,7-8,13H2,1H3. The quantitative estimate of drug-likeness (QED) is 0.577. The number of hydrogen-bond donors (Lipinski definition) is 2. The Bertz CT molecular complexity index is 1010. The van der Waals surface area contributed by atoms with Crippen molar-refractivity contribution in [1.82, 2.24) is 4.98 Å². The number of H-pyrrole nitrogens is 1. The molecule has 0 radical (unpaired) electrons. The summed E-state index contributed by atoms with van der Waals surface area (Å²) in [5.74, 6) is 0.302. The first-order valence-electron chi connectivity index (χ1n) is 10.3. The zero-order valence-corrected chi connectivity index (χ0v) is 16.3. The lowest BCUT2D eigenvalue weighted by molar-refractivity contribution is 0.0601. The third-order valence-electron chi connectivity index (χ3n) is 6.42. The molecule has 0 amide bonds. The van der Waals surface area contributed by atoms with Gasteiger partial charge in [-0.1, -0.05) is 43.5 Å². The molecule has 2 aromatic carbocycles. The van der Waals surface area contributed by atoms with Crippen LogP contribution in [0.5, 0.6) is 0 Å². The van der Waals surface area contributed by atoms with Crippen molar-refractivity contribution in [2.24, 2.45) is 0 Å². The van der Waals surface area contributed by atoms with E-state index >= 15 is 0 Å². The summed E-state index contributed by atoms with van der Waals surface area (Å²) in [6.45, 7) is 0. The first-order chi connectivity index (χ1) is 13.7. The van der Waals surface area contributed by atoms with E-state index < -0.39 is 0 Å². The van der Waals surface area contributed by atoms with Crippen LogP contribution in [0.3, 0.4) is 0 Å². The van der Waals surface area contributed by atoms with Gasteiger partial charge in [-0.3, -0.25) is 0 Å². The average molecular weight is 374 g/mol. The van der Waals surface area contributed by atoms with Gasteiger partial charge in [0.05, 0.1) is 18.7 Å².